The number of fused-ring (bicyclic) bond motifs is 3. The molecule has 3 aliphatic carbocycles. The Balaban J connectivity index is 1.62. The number of hydrogen-bond donors (Lipinski definition) is 1. The third kappa shape index (κ3) is 2.99. The maximum absolute atomic E-state index is 11.4. The van der Waals surface area contributed by atoms with E-state index in [1.165, 1.54) is 47.9 Å². The van der Waals surface area contributed by atoms with Crippen LogP contribution in [-0.4, -0.2) is 23.9 Å². The van der Waals surface area contributed by atoms with Crippen molar-refractivity contribution in [1.29, 1.82) is 0 Å². The first-order valence-corrected chi connectivity index (χ1v) is 10.9. The molecule has 0 amide bonds. The van der Waals surface area contributed by atoms with Crippen LogP contribution in [0.2, 0.25) is 0 Å². The smallest absolute Gasteiger partial charge is 0.127 e. The average Bonchev–Trinajstić information content (AvgIpc) is 2.69. The molecular weight excluding hydrogens is 336 g/mol. The second kappa shape index (κ2) is 6.55. The van der Waals surface area contributed by atoms with Crippen molar-refractivity contribution in [1.82, 2.24) is 0 Å². The van der Waals surface area contributed by atoms with Gasteiger partial charge in [0.1, 0.15) is 17.1 Å². The number of aromatic hydroxyl groups is 1. The van der Waals surface area contributed by atoms with Gasteiger partial charge in [0.25, 0.3) is 0 Å². The van der Waals surface area contributed by atoms with Gasteiger partial charge in [-0.3, -0.25) is 0 Å². The number of ether oxygens (including phenoxy) is 2. The first-order valence-electron chi connectivity index (χ1n) is 10.9. The van der Waals surface area contributed by atoms with E-state index in [1.807, 2.05) is 0 Å². The molecule has 6 rings (SSSR count). The van der Waals surface area contributed by atoms with Gasteiger partial charge in [0.05, 0.1) is 13.2 Å². The molecule has 2 fully saturated rings. The zero-order valence-electron chi connectivity index (χ0n) is 16.8. The van der Waals surface area contributed by atoms with Crippen LogP contribution in [0.15, 0.2) is 11.6 Å². The molecule has 2 aliphatic heterocycles. The van der Waals surface area contributed by atoms with Gasteiger partial charge in [-0.1, -0.05) is 11.6 Å². The molecule has 1 saturated carbocycles. The maximum Gasteiger partial charge on any atom is 0.127 e. The largest absolute Gasteiger partial charge is 0.507 e. The van der Waals surface area contributed by atoms with E-state index in [4.69, 9.17) is 9.47 Å². The van der Waals surface area contributed by atoms with Crippen LogP contribution in [-0.2, 0) is 17.6 Å². The molecule has 3 heteroatoms. The minimum absolute atomic E-state index is 0.106. The predicted molar refractivity (Wildman–Crippen MR) is 107 cm³/mol. The van der Waals surface area contributed by atoms with E-state index in [0.717, 1.165) is 56.6 Å². The number of benzene rings is 1. The summed E-state index contributed by atoms with van der Waals surface area (Å²) in [5.41, 5.74) is 6.43. The summed E-state index contributed by atoms with van der Waals surface area (Å²) in [6.07, 6.45) is 12.3. The normalized spacial score (nSPS) is 28.3. The minimum atomic E-state index is -0.106. The molecule has 0 aromatic heterocycles. The molecule has 0 spiro atoms. The monoisotopic (exact) mass is 368 g/mol. The Morgan fingerprint density at radius 3 is 2.37 bits per heavy atom. The van der Waals surface area contributed by atoms with E-state index in [1.54, 1.807) is 0 Å². The van der Waals surface area contributed by atoms with Crippen molar-refractivity contribution < 1.29 is 14.6 Å². The molecular formula is C24H32O3. The average molecular weight is 369 g/mol. The van der Waals surface area contributed by atoms with Crippen molar-refractivity contribution in [3.05, 3.63) is 33.9 Å². The Labute approximate surface area is 162 Å². The van der Waals surface area contributed by atoms with Gasteiger partial charge in [-0.15, -0.1) is 0 Å². The Morgan fingerprint density at radius 2 is 1.67 bits per heavy atom. The SMILES string of the molecule is CC1(C)CCc2c(CC=C3CCOCC3)c(O)c3c(c2O1)C1CCC3CC1. The van der Waals surface area contributed by atoms with Crippen molar-refractivity contribution in [2.45, 2.75) is 89.1 Å². The van der Waals surface area contributed by atoms with Crippen LogP contribution in [0.5, 0.6) is 11.5 Å². The Kier molecular flexibility index (Phi) is 4.27. The summed E-state index contributed by atoms with van der Waals surface area (Å²) < 4.78 is 12.1. The van der Waals surface area contributed by atoms with E-state index in [2.05, 4.69) is 19.9 Å². The predicted octanol–water partition coefficient (Wildman–Crippen LogP) is 5.53. The summed E-state index contributed by atoms with van der Waals surface area (Å²) in [4.78, 5) is 0. The molecule has 2 bridgehead atoms. The van der Waals surface area contributed by atoms with Gasteiger partial charge < -0.3 is 14.6 Å². The molecule has 0 radical (unpaired) electrons. The van der Waals surface area contributed by atoms with Crippen molar-refractivity contribution in [3.8, 4) is 11.5 Å². The highest BCUT2D eigenvalue weighted by Crippen LogP contribution is 2.58. The number of hydrogen-bond acceptors (Lipinski definition) is 3. The summed E-state index contributed by atoms with van der Waals surface area (Å²) in [5.74, 6) is 2.86. The molecule has 27 heavy (non-hydrogen) atoms. The van der Waals surface area contributed by atoms with Gasteiger partial charge in [-0.2, -0.15) is 0 Å². The van der Waals surface area contributed by atoms with Gasteiger partial charge >= 0.3 is 0 Å². The second-order valence-electron chi connectivity index (χ2n) is 9.55. The fraction of sp³-hybridized carbons (Fsp3) is 0.667. The molecule has 2 heterocycles. The lowest BCUT2D eigenvalue weighted by molar-refractivity contribution is 0.0804. The van der Waals surface area contributed by atoms with Crippen LogP contribution in [0, 0.1) is 0 Å². The molecule has 1 aromatic carbocycles. The quantitative estimate of drug-likeness (QED) is 0.698. The standard InChI is InChI=1S/C24H32O3/c1-24(2)12-9-19-18(8-3-15-10-13-26-14-11-15)22(25)20-16-4-6-17(7-5-16)21(20)23(19)27-24/h3,16-17,25H,4-14H2,1-2H3. The first-order chi connectivity index (χ1) is 13.0. The summed E-state index contributed by atoms with van der Waals surface area (Å²) in [5, 5.41) is 11.4. The molecule has 146 valence electrons. The van der Waals surface area contributed by atoms with E-state index in [-0.39, 0.29) is 5.60 Å². The van der Waals surface area contributed by atoms with Crippen molar-refractivity contribution in [2.24, 2.45) is 0 Å². The Bertz CT molecular complexity index is 774. The highest BCUT2D eigenvalue weighted by atomic mass is 16.5. The number of phenols is 1. The van der Waals surface area contributed by atoms with Gasteiger partial charge in [-0.05, 0) is 83.5 Å². The Morgan fingerprint density at radius 1 is 1.00 bits per heavy atom. The van der Waals surface area contributed by atoms with Gasteiger partial charge in [0, 0.05) is 22.3 Å². The number of allylic oxidation sites excluding steroid dienone is 1. The van der Waals surface area contributed by atoms with Gasteiger partial charge in [0.15, 0.2) is 0 Å². The third-order valence-electron chi connectivity index (χ3n) is 7.34. The minimum Gasteiger partial charge on any atom is -0.507 e. The maximum atomic E-state index is 11.4. The number of phenolic OH excluding ortho intramolecular Hbond substituents is 1. The van der Waals surface area contributed by atoms with Crippen LogP contribution in [0.4, 0.5) is 0 Å². The fourth-order valence-electron chi connectivity index (χ4n) is 5.78. The lowest BCUT2D eigenvalue weighted by Crippen LogP contribution is -2.35. The van der Waals surface area contributed by atoms with Crippen LogP contribution in [0.1, 0.15) is 92.9 Å². The number of rotatable bonds is 2. The van der Waals surface area contributed by atoms with Crippen LogP contribution in [0.3, 0.4) is 0 Å². The Hall–Kier alpha value is -1.48. The van der Waals surface area contributed by atoms with Crippen LogP contribution < -0.4 is 4.74 Å². The molecule has 1 N–H and O–H groups in total. The zero-order valence-corrected chi connectivity index (χ0v) is 16.8. The van der Waals surface area contributed by atoms with E-state index < -0.39 is 0 Å². The van der Waals surface area contributed by atoms with Gasteiger partial charge in [-0.25, -0.2) is 0 Å². The van der Waals surface area contributed by atoms with E-state index in [0.29, 0.717) is 17.6 Å². The van der Waals surface area contributed by atoms with Crippen molar-refractivity contribution >= 4 is 0 Å². The summed E-state index contributed by atoms with van der Waals surface area (Å²) in [6, 6.07) is 0. The lowest BCUT2D eigenvalue weighted by Gasteiger charge is -2.44. The van der Waals surface area contributed by atoms with Crippen molar-refractivity contribution in [3.63, 3.8) is 0 Å². The lowest BCUT2D eigenvalue weighted by atomic mass is 9.64. The van der Waals surface area contributed by atoms with Crippen molar-refractivity contribution in [2.75, 3.05) is 13.2 Å². The summed E-state index contributed by atoms with van der Waals surface area (Å²) in [7, 11) is 0. The third-order valence-corrected chi connectivity index (χ3v) is 7.34. The van der Waals surface area contributed by atoms with E-state index in [9.17, 15) is 5.11 Å². The molecule has 0 unspecified atom stereocenters. The van der Waals surface area contributed by atoms with Gasteiger partial charge in [0.2, 0.25) is 0 Å². The van der Waals surface area contributed by atoms with E-state index >= 15 is 0 Å². The molecule has 3 nitrogen and oxygen atoms in total. The fourth-order valence-corrected chi connectivity index (χ4v) is 5.78. The highest BCUT2D eigenvalue weighted by molar-refractivity contribution is 5.64. The second-order valence-corrected chi connectivity index (χ2v) is 9.55. The molecule has 1 saturated heterocycles. The zero-order chi connectivity index (χ0) is 18.6. The highest BCUT2D eigenvalue weighted by Gasteiger charge is 2.42. The first kappa shape index (κ1) is 17.6. The van der Waals surface area contributed by atoms with Crippen LogP contribution in [0.25, 0.3) is 0 Å². The topological polar surface area (TPSA) is 38.7 Å². The summed E-state index contributed by atoms with van der Waals surface area (Å²) in [6.45, 7) is 6.09. The molecule has 0 atom stereocenters. The molecule has 5 aliphatic rings. The van der Waals surface area contributed by atoms with Crippen LogP contribution >= 0.6 is 0 Å². The molecule has 1 aromatic rings. The summed E-state index contributed by atoms with van der Waals surface area (Å²) >= 11 is 0.